The third kappa shape index (κ3) is 9.08. The van der Waals surface area contributed by atoms with Crippen LogP contribution < -0.4 is 5.32 Å². The van der Waals surface area contributed by atoms with Crippen LogP contribution in [0, 0.1) is 11.8 Å². The van der Waals surface area contributed by atoms with Crippen molar-refractivity contribution in [3.05, 3.63) is 0 Å². The molecule has 1 rings (SSSR count). The Hall–Kier alpha value is -1.08. The van der Waals surface area contributed by atoms with Crippen LogP contribution in [0.2, 0.25) is 0 Å². The molecule has 170 valence electrons. The van der Waals surface area contributed by atoms with Crippen molar-refractivity contribution in [1.82, 2.24) is 5.32 Å². The van der Waals surface area contributed by atoms with Crippen LogP contribution >= 0.6 is 0 Å². The third-order valence-electron chi connectivity index (χ3n) is 6.04. The molecule has 1 amide bonds. The number of aliphatic hydroxyl groups excluding tert-OH is 2. The maximum Gasteiger partial charge on any atom is 0.305 e. The van der Waals surface area contributed by atoms with E-state index in [4.69, 9.17) is 0 Å². The first-order valence-corrected chi connectivity index (χ1v) is 11.3. The highest BCUT2D eigenvalue weighted by Crippen LogP contribution is 2.39. The summed E-state index contributed by atoms with van der Waals surface area (Å²) in [6, 6.07) is 0. The van der Waals surface area contributed by atoms with Crippen molar-refractivity contribution in [2.45, 2.75) is 109 Å². The molecule has 1 saturated carbocycles. The molecular formula is C22H39F2NO4. The zero-order chi connectivity index (χ0) is 21.9. The molecule has 1 aliphatic carbocycles. The van der Waals surface area contributed by atoms with Crippen LogP contribution in [0.1, 0.15) is 90.9 Å². The highest BCUT2D eigenvalue weighted by Gasteiger charge is 2.43. The minimum Gasteiger partial charge on any atom is -0.393 e. The predicted octanol–water partition coefficient (Wildman–Crippen LogP) is 4.00. The number of halogens is 2. The second-order valence-electron chi connectivity index (χ2n) is 8.37. The van der Waals surface area contributed by atoms with Gasteiger partial charge in [0.05, 0.1) is 12.2 Å². The number of carbonyl (C=O) groups excluding carboxylic acids is 2. The zero-order valence-electron chi connectivity index (χ0n) is 18.0. The molecule has 0 aromatic rings. The minimum atomic E-state index is -3.29. The summed E-state index contributed by atoms with van der Waals surface area (Å²) >= 11 is 0. The summed E-state index contributed by atoms with van der Waals surface area (Å²) in [5, 5.41) is 23.3. The van der Waals surface area contributed by atoms with Crippen molar-refractivity contribution in [1.29, 1.82) is 0 Å². The van der Waals surface area contributed by atoms with E-state index in [9.17, 15) is 28.6 Å². The Labute approximate surface area is 173 Å². The number of unbranched alkanes of at least 4 members (excludes halogenated alkanes) is 4. The molecule has 0 saturated heterocycles. The van der Waals surface area contributed by atoms with E-state index in [1.807, 2.05) is 6.92 Å². The molecule has 0 radical (unpaired) electrons. The topological polar surface area (TPSA) is 86.6 Å². The van der Waals surface area contributed by atoms with Crippen LogP contribution in [0.15, 0.2) is 0 Å². The van der Waals surface area contributed by atoms with Gasteiger partial charge in [-0.2, -0.15) is 8.78 Å². The molecule has 1 aliphatic rings. The number of amides is 1. The van der Waals surface area contributed by atoms with Crippen LogP contribution in [0.3, 0.4) is 0 Å². The summed E-state index contributed by atoms with van der Waals surface area (Å²) < 4.78 is 27.8. The van der Waals surface area contributed by atoms with Gasteiger partial charge in [-0.25, -0.2) is 0 Å². The summed E-state index contributed by atoms with van der Waals surface area (Å²) in [5.41, 5.74) is 0. The molecule has 7 heteroatoms. The lowest BCUT2D eigenvalue weighted by atomic mass is 9.84. The van der Waals surface area contributed by atoms with Gasteiger partial charge < -0.3 is 15.5 Å². The van der Waals surface area contributed by atoms with Crippen molar-refractivity contribution in [2.24, 2.45) is 11.8 Å². The van der Waals surface area contributed by atoms with E-state index in [2.05, 4.69) is 5.32 Å². The molecule has 0 heterocycles. The summed E-state index contributed by atoms with van der Waals surface area (Å²) in [4.78, 5) is 23.3. The first-order chi connectivity index (χ1) is 13.7. The average molecular weight is 420 g/mol. The largest absolute Gasteiger partial charge is 0.393 e. The number of carbonyl (C=O) groups is 2. The Bertz CT molecular complexity index is 501. The number of ketones is 1. The van der Waals surface area contributed by atoms with Gasteiger partial charge in [0.25, 0.3) is 0 Å². The highest BCUT2D eigenvalue weighted by molar-refractivity contribution is 5.85. The van der Waals surface area contributed by atoms with Gasteiger partial charge in [-0.15, -0.1) is 0 Å². The van der Waals surface area contributed by atoms with E-state index in [0.717, 1.165) is 25.7 Å². The van der Waals surface area contributed by atoms with E-state index < -0.39 is 30.3 Å². The van der Waals surface area contributed by atoms with E-state index in [1.54, 1.807) is 6.92 Å². The standard InChI is InChI=1S/C22H39F2NO4/c1-3-5-14-22(23,24)20(28)13-12-17-16(18(26)15-19(17)27)10-8-6-7-9-11-21(29)25-4-2/h16-19,26-27H,3-15H2,1-2H3,(H,25,29). The molecule has 0 aromatic heterocycles. The summed E-state index contributed by atoms with van der Waals surface area (Å²) in [6.45, 7) is 4.33. The lowest BCUT2D eigenvalue weighted by Gasteiger charge is -2.24. The van der Waals surface area contributed by atoms with Crippen molar-refractivity contribution in [3.8, 4) is 0 Å². The predicted molar refractivity (Wildman–Crippen MR) is 109 cm³/mol. The van der Waals surface area contributed by atoms with Crippen molar-refractivity contribution >= 4 is 11.7 Å². The van der Waals surface area contributed by atoms with Crippen LogP contribution in [0.4, 0.5) is 8.78 Å². The zero-order valence-corrected chi connectivity index (χ0v) is 18.0. The second-order valence-corrected chi connectivity index (χ2v) is 8.37. The Kier molecular flexibility index (Phi) is 11.9. The molecular weight excluding hydrogens is 380 g/mol. The van der Waals surface area contributed by atoms with Crippen LogP contribution in [-0.4, -0.2) is 46.6 Å². The molecule has 4 atom stereocenters. The van der Waals surface area contributed by atoms with Gasteiger partial charge in [0.1, 0.15) is 0 Å². The number of nitrogens with one attached hydrogen (secondary N) is 1. The lowest BCUT2D eigenvalue weighted by molar-refractivity contribution is -0.144. The number of alkyl halides is 2. The quantitative estimate of drug-likeness (QED) is 0.350. The summed E-state index contributed by atoms with van der Waals surface area (Å²) in [5.74, 6) is -4.76. The average Bonchev–Trinajstić information content (AvgIpc) is 2.93. The van der Waals surface area contributed by atoms with E-state index in [1.165, 1.54) is 0 Å². The Morgan fingerprint density at radius 1 is 0.931 bits per heavy atom. The van der Waals surface area contributed by atoms with E-state index in [-0.39, 0.29) is 37.0 Å². The molecule has 0 aliphatic heterocycles. The highest BCUT2D eigenvalue weighted by atomic mass is 19.3. The number of hydrogen-bond acceptors (Lipinski definition) is 4. The fourth-order valence-electron chi connectivity index (χ4n) is 4.30. The fourth-order valence-corrected chi connectivity index (χ4v) is 4.30. The van der Waals surface area contributed by atoms with Crippen molar-refractivity contribution in [3.63, 3.8) is 0 Å². The molecule has 3 N–H and O–H groups in total. The fraction of sp³-hybridized carbons (Fsp3) is 0.909. The van der Waals surface area contributed by atoms with Gasteiger partial charge in [-0.05, 0) is 50.9 Å². The smallest absolute Gasteiger partial charge is 0.305 e. The van der Waals surface area contributed by atoms with Crippen molar-refractivity contribution < 1.29 is 28.6 Å². The van der Waals surface area contributed by atoms with Gasteiger partial charge in [0, 0.05) is 25.8 Å². The molecule has 1 fully saturated rings. The molecule has 4 unspecified atom stereocenters. The number of hydrogen-bond donors (Lipinski definition) is 3. The summed E-state index contributed by atoms with van der Waals surface area (Å²) in [7, 11) is 0. The third-order valence-corrected chi connectivity index (χ3v) is 6.04. The number of rotatable bonds is 15. The molecule has 0 spiro atoms. The Morgan fingerprint density at radius 2 is 1.55 bits per heavy atom. The van der Waals surface area contributed by atoms with E-state index >= 15 is 0 Å². The molecule has 0 bridgehead atoms. The Balaban J connectivity index is 2.39. The molecule has 29 heavy (non-hydrogen) atoms. The van der Waals surface area contributed by atoms with Gasteiger partial charge in [-0.3, -0.25) is 9.59 Å². The minimum absolute atomic E-state index is 0.0577. The van der Waals surface area contributed by atoms with Gasteiger partial charge in [-0.1, -0.05) is 32.6 Å². The first kappa shape index (κ1) is 26.0. The van der Waals surface area contributed by atoms with Gasteiger partial charge >= 0.3 is 5.92 Å². The maximum absolute atomic E-state index is 13.9. The molecule has 0 aromatic carbocycles. The monoisotopic (exact) mass is 419 g/mol. The van der Waals surface area contributed by atoms with Gasteiger partial charge in [0.15, 0.2) is 0 Å². The molecule has 5 nitrogen and oxygen atoms in total. The Morgan fingerprint density at radius 3 is 2.17 bits per heavy atom. The van der Waals surface area contributed by atoms with Gasteiger partial charge in [0.2, 0.25) is 11.7 Å². The van der Waals surface area contributed by atoms with E-state index in [0.29, 0.717) is 32.2 Å². The van der Waals surface area contributed by atoms with Crippen LogP contribution in [0.25, 0.3) is 0 Å². The number of aliphatic hydroxyl groups is 2. The summed E-state index contributed by atoms with van der Waals surface area (Å²) in [6.07, 6.45) is 3.99. The second kappa shape index (κ2) is 13.3. The maximum atomic E-state index is 13.9. The number of Topliss-reactive ketones (excluding diaryl/α,β-unsaturated/α-hetero) is 1. The lowest BCUT2D eigenvalue weighted by Crippen LogP contribution is -2.30. The normalized spacial score (nSPS) is 24.6. The SMILES string of the molecule is CCCCC(F)(F)C(=O)CCC1C(O)CC(O)C1CCCCCCC(=O)NCC. The van der Waals surface area contributed by atoms with Crippen LogP contribution in [0.5, 0.6) is 0 Å². The van der Waals surface area contributed by atoms with Crippen molar-refractivity contribution in [2.75, 3.05) is 6.54 Å². The van der Waals surface area contributed by atoms with Crippen LogP contribution in [-0.2, 0) is 9.59 Å². The first-order valence-electron chi connectivity index (χ1n) is 11.3.